The van der Waals surface area contributed by atoms with Crippen molar-refractivity contribution in [2.45, 2.75) is 51.6 Å². The zero-order chi connectivity index (χ0) is 16.2. The predicted molar refractivity (Wildman–Crippen MR) is 93.3 cm³/mol. The zero-order valence-electron chi connectivity index (χ0n) is 13.0. The number of thiocarbonyl (C=S) groups is 1. The molecule has 1 aromatic carbocycles. The topological polar surface area (TPSA) is 73.4 Å². The molecule has 0 saturated heterocycles. The molecule has 22 heavy (non-hydrogen) atoms. The summed E-state index contributed by atoms with van der Waals surface area (Å²) < 4.78 is 0. The minimum atomic E-state index is -0.410. The van der Waals surface area contributed by atoms with Gasteiger partial charge >= 0.3 is 0 Å². The highest BCUT2D eigenvalue weighted by atomic mass is 32.1. The number of hydrazine groups is 1. The van der Waals surface area contributed by atoms with Crippen LogP contribution < -0.4 is 16.2 Å². The second-order valence-corrected chi connectivity index (χ2v) is 5.59. The Labute approximate surface area is 137 Å². The lowest BCUT2D eigenvalue weighted by Crippen LogP contribution is -2.43. The van der Waals surface area contributed by atoms with E-state index in [0.717, 1.165) is 31.4 Å². The van der Waals surface area contributed by atoms with E-state index in [9.17, 15) is 9.90 Å². The summed E-state index contributed by atoms with van der Waals surface area (Å²) in [5, 5.41) is 13.0. The van der Waals surface area contributed by atoms with Crippen molar-refractivity contribution in [2.24, 2.45) is 0 Å². The fraction of sp³-hybridized carbons (Fsp3) is 0.500. The van der Waals surface area contributed by atoms with Crippen molar-refractivity contribution < 1.29 is 9.90 Å². The molecule has 1 atom stereocenters. The Morgan fingerprint density at radius 2 is 1.91 bits per heavy atom. The Hall–Kier alpha value is -1.66. The van der Waals surface area contributed by atoms with Crippen LogP contribution in [0.3, 0.4) is 0 Å². The molecular formula is C16H25N3O2S. The lowest BCUT2D eigenvalue weighted by Gasteiger charge is -2.13. The average molecular weight is 323 g/mol. The number of rotatable bonds is 8. The first kappa shape index (κ1) is 18.4. The summed E-state index contributed by atoms with van der Waals surface area (Å²) in [7, 11) is 0. The molecule has 6 heteroatoms. The smallest absolute Gasteiger partial charge is 0.238 e. The highest BCUT2D eigenvalue weighted by Gasteiger charge is 2.08. The fourth-order valence-corrected chi connectivity index (χ4v) is 2.11. The first-order chi connectivity index (χ1) is 10.6. The number of hydrogen-bond donors (Lipinski definition) is 4. The van der Waals surface area contributed by atoms with Crippen molar-refractivity contribution in [2.75, 3.05) is 5.32 Å². The summed E-state index contributed by atoms with van der Waals surface area (Å²) in [6.07, 6.45) is 4.33. The van der Waals surface area contributed by atoms with Crippen molar-refractivity contribution in [1.29, 1.82) is 0 Å². The van der Waals surface area contributed by atoms with Gasteiger partial charge in [0, 0.05) is 12.1 Å². The van der Waals surface area contributed by atoms with Gasteiger partial charge in [0.25, 0.3) is 0 Å². The highest BCUT2D eigenvalue weighted by Crippen LogP contribution is 2.08. The number of nitrogens with one attached hydrogen (secondary N) is 3. The molecule has 0 saturated carbocycles. The minimum absolute atomic E-state index is 0.188. The molecular weight excluding hydrogens is 298 g/mol. The quantitative estimate of drug-likeness (QED) is 0.336. The molecule has 0 fully saturated rings. The third-order valence-electron chi connectivity index (χ3n) is 3.19. The van der Waals surface area contributed by atoms with Gasteiger partial charge in [0.15, 0.2) is 5.11 Å². The Kier molecular flexibility index (Phi) is 9.18. The molecule has 0 spiro atoms. The molecule has 0 aliphatic carbocycles. The largest absolute Gasteiger partial charge is 0.393 e. The van der Waals surface area contributed by atoms with Crippen LogP contribution in [0.1, 0.15) is 45.4 Å². The van der Waals surface area contributed by atoms with E-state index in [1.807, 2.05) is 30.3 Å². The van der Waals surface area contributed by atoms with E-state index >= 15 is 0 Å². The number of benzene rings is 1. The van der Waals surface area contributed by atoms with Crippen molar-refractivity contribution in [3.63, 3.8) is 0 Å². The van der Waals surface area contributed by atoms with E-state index in [2.05, 4.69) is 23.1 Å². The number of carbonyl (C=O) groups is 1. The number of para-hydroxylation sites is 1. The summed E-state index contributed by atoms with van der Waals surface area (Å²) in [6, 6.07) is 9.45. The summed E-state index contributed by atoms with van der Waals surface area (Å²) >= 11 is 5.07. The van der Waals surface area contributed by atoms with Crippen LogP contribution in [0.2, 0.25) is 0 Å². The van der Waals surface area contributed by atoms with Crippen LogP contribution in [0, 0.1) is 0 Å². The van der Waals surface area contributed by atoms with Gasteiger partial charge in [0.2, 0.25) is 5.91 Å². The maximum Gasteiger partial charge on any atom is 0.238 e. The second-order valence-electron chi connectivity index (χ2n) is 5.18. The standard InChI is InChI=1S/C16H25N3O2S/c1-2-3-5-10-14(20)11-12-15(21)18-19-16(22)17-13-8-6-4-7-9-13/h4,6-9,14,20H,2-3,5,10-12H2,1H3,(H,18,21)(H2,17,19,22)/t14-/m0/s1. The summed E-state index contributed by atoms with van der Waals surface area (Å²) in [5.74, 6) is -0.188. The lowest BCUT2D eigenvalue weighted by molar-refractivity contribution is -0.122. The number of hydrogen-bond acceptors (Lipinski definition) is 3. The van der Waals surface area contributed by atoms with Crippen LogP contribution in [-0.2, 0) is 4.79 Å². The van der Waals surface area contributed by atoms with Crippen molar-refractivity contribution in [3.8, 4) is 0 Å². The molecule has 0 aromatic heterocycles. The molecule has 1 aromatic rings. The van der Waals surface area contributed by atoms with E-state index < -0.39 is 6.10 Å². The van der Waals surface area contributed by atoms with E-state index in [1.165, 1.54) is 0 Å². The summed E-state index contributed by atoms with van der Waals surface area (Å²) in [5.41, 5.74) is 6.02. The molecule has 0 radical (unpaired) electrons. The lowest BCUT2D eigenvalue weighted by atomic mass is 10.1. The van der Waals surface area contributed by atoms with Gasteiger partial charge in [0.05, 0.1) is 6.10 Å². The molecule has 122 valence electrons. The maximum atomic E-state index is 11.7. The van der Waals surface area contributed by atoms with E-state index in [0.29, 0.717) is 11.5 Å². The SMILES string of the molecule is CCCCC[C@H](O)CCC(=O)NNC(=S)Nc1ccccc1. The number of aliphatic hydroxyl groups is 1. The first-order valence-electron chi connectivity index (χ1n) is 7.70. The Bertz CT molecular complexity index is 454. The van der Waals surface area contributed by atoms with Gasteiger partial charge < -0.3 is 10.4 Å². The molecule has 0 aliphatic heterocycles. The third-order valence-corrected chi connectivity index (χ3v) is 3.40. The van der Waals surface area contributed by atoms with Gasteiger partial charge in [-0.2, -0.15) is 0 Å². The van der Waals surface area contributed by atoms with Crippen LogP contribution in [-0.4, -0.2) is 22.2 Å². The summed E-state index contributed by atoms with van der Waals surface area (Å²) in [4.78, 5) is 11.7. The number of amides is 1. The van der Waals surface area contributed by atoms with Crippen LogP contribution in [0.4, 0.5) is 5.69 Å². The monoisotopic (exact) mass is 323 g/mol. The van der Waals surface area contributed by atoms with Gasteiger partial charge in [-0.15, -0.1) is 0 Å². The molecule has 4 N–H and O–H groups in total. The molecule has 0 unspecified atom stereocenters. The molecule has 5 nitrogen and oxygen atoms in total. The second kappa shape index (κ2) is 11.0. The van der Waals surface area contributed by atoms with Gasteiger partial charge in [-0.05, 0) is 37.2 Å². The predicted octanol–water partition coefficient (Wildman–Crippen LogP) is 2.73. The van der Waals surface area contributed by atoms with Crippen LogP contribution in [0.5, 0.6) is 0 Å². The Morgan fingerprint density at radius 3 is 2.59 bits per heavy atom. The molecule has 0 bridgehead atoms. The Balaban J connectivity index is 2.13. The highest BCUT2D eigenvalue weighted by molar-refractivity contribution is 7.80. The van der Waals surface area contributed by atoms with E-state index in [-0.39, 0.29) is 12.3 Å². The van der Waals surface area contributed by atoms with Crippen LogP contribution in [0.15, 0.2) is 30.3 Å². The van der Waals surface area contributed by atoms with Crippen molar-refractivity contribution >= 4 is 28.9 Å². The molecule has 0 heterocycles. The molecule has 0 aliphatic rings. The maximum absolute atomic E-state index is 11.7. The number of unbranched alkanes of at least 4 members (excludes halogenated alkanes) is 2. The van der Waals surface area contributed by atoms with Crippen molar-refractivity contribution in [3.05, 3.63) is 30.3 Å². The minimum Gasteiger partial charge on any atom is -0.393 e. The Morgan fingerprint density at radius 1 is 1.18 bits per heavy atom. The zero-order valence-corrected chi connectivity index (χ0v) is 13.8. The number of carbonyl (C=O) groups excluding carboxylic acids is 1. The first-order valence-corrected chi connectivity index (χ1v) is 8.11. The fourth-order valence-electron chi connectivity index (χ4n) is 1.94. The van der Waals surface area contributed by atoms with E-state index in [1.54, 1.807) is 0 Å². The summed E-state index contributed by atoms with van der Waals surface area (Å²) in [6.45, 7) is 2.12. The average Bonchev–Trinajstić information content (AvgIpc) is 2.52. The molecule has 1 amide bonds. The van der Waals surface area contributed by atoms with Crippen molar-refractivity contribution in [1.82, 2.24) is 10.9 Å². The van der Waals surface area contributed by atoms with Gasteiger partial charge in [0.1, 0.15) is 0 Å². The van der Waals surface area contributed by atoms with Crippen LogP contribution in [0.25, 0.3) is 0 Å². The number of aliphatic hydroxyl groups excluding tert-OH is 1. The third kappa shape index (κ3) is 8.59. The van der Waals surface area contributed by atoms with Gasteiger partial charge in [-0.1, -0.05) is 44.4 Å². The van der Waals surface area contributed by atoms with Crippen LogP contribution >= 0.6 is 12.2 Å². The normalized spacial score (nSPS) is 11.5. The van der Waals surface area contributed by atoms with E-state index in [4.69, 9.17) is 12.2 Å². The number of anilines is 1. The van der Waals surface area contributed by atoms with Gasteiger partial charge in [-0.3, -0.25) is 15.6 Å². The van der Waals surface area contributed by atoms with Gasteiger partial charge in [-0.25, -0.2) is 0 Å². The molecule has 1 rings (SSSR count).